The van der Waals surface area contributed by atoms with Crippen LogP contribution >= 0.6 is 0 Å². The van der Waals surface area contributed by atoms with Crippen molar-refractivity contribution in [3.63, 3.8) is 0 Å². The molecule has 2 aliphatic rings. The highest BCUT2D eigenvalue weighted by Gasteiger charge is 2.55. The molecule has 2 saturated carbocycles. The zero-order valence-electron chi connectivity index (χ0n) is 15.3. The van der Waals surface area contributed by atoms with Gasteiger partial charge in [0.1, 0.15) is 0 Å². The maximum absolute atomic E-state index is 6.04. The molecule has 2 fully saturated rings. The lowest BCUT2D eigenvalue weighted by atomic mass is 9.55. The fraction of sp³-hybridized carbons (Fsp3) is 0.700. The molecule has 134 valence electrons. The zero-order valence-corrected chi connectivity index (χ0v) is 15.3. The molecule has 24 heavy (non-hydrogen) atoms. The standard InChI is InChI=1S/C20H31NO3/c1-4-24-19-13-18(20(19)10-6-5-7-11-20)21-14-15-8-9-16(22-2)17(12-15)23-3/h8-9,12,18-19,21H,4-7,10-11,13-14H2,1-3H3. The number of nitrogens with one attached hydrogen (secondary N) is 1. The van der Waals surface area contributed by atoms with Crippen LogP contribution in [0.1, 0.15) is 51.0 Å². The fourth-order valence-electron chi connectivity index (χ4n) is 4.58. The number of rotatable bonds is 7. The Balaban J connectivity index is 1.63. The van der Waals surface area contributed by atoms with E-state index in [9.17, 15) is 0 Å². The largest absolute Gasteiger partial charge is 0.493 e. The van der Waals surface area contributed by atoms with Gasteiger partial charge in [-0.05, 0) is 43.9 Å². The fourth-order valence-corrected chi connectivity index (χ4v) is 4.58. The van der Waals surface area contributed by atoms with E-state index < -0.39 is 0 Å². The van der Waals surface area contributed by atoms with Gasteiger partial charge in [0, 0.05) is 24.6 Å². The monoisotopic (exact) mass is 333 g/mol. The zero-order chi connectivity index (χ0) is 17.0. The highest BCUT2D eigenvalue weighted by molar-refractivity contribution is 5.42. The van der Waals surface area contributed by atoms with Gasteiger partial charge in [-0.3, -0.25) is 0 Å². The van der Waals surface area contributed by atoms with Crippen molar-refractivity contribution in [3.05, 3.63) is 23.8 Å². The second-order valence-corrected chi connectivity index (χ2v) is 7.10. The van der Waals surface area contributed by atoms with Gasteiger partial charge >= 0.3 is 0 Å². The van der Waals surface area contributed by atoms with Crippen LogP contribution in [0.15, 0.2) is 18.2 Å². The predicted molar refractivity (Wildman–Crippen MR) is 95.7 cm³/mol. The van der Waals surface area contributed by atoms with Gasteiger partial charge in [0.2, 0.25) is 0 Å². The van der Waals surface area contributed by atoms with Crippen LogP contribution in [0.2, 0.25) is 0 Å². The van der Waals surface area contributed by atoms with E-state index in [0.29, 0.717) is 17.6 Å². The van der Waals surface area contributed by atoms with Crippen molar-refractivity contribution in [2.45, 2.75) is 64.1 Å². The lowest BCUT2D eigenvalue weighted by molar-refractivity contribution is -0.150. The molecule has 0 aliphatic heterocycles. The minimum atomic E-state index is 0.366. The molecule has 0 saturated heterocycles. The maximum atomic E-state index is 6.04. The number of hydrogen-bond acceptors (Lipinski definition) is 4. The molecule has 0 amide bonds. The molecule has 0 bridgehead atoms. The first kappa shape index (κ1) is 17.6. The third-order valence-corrected chi connectivity index (χ3v) is 5.94. The average molecular weight is 333 g/mol. The first-order valence-electron chi connectivity index (χ1n) is 9.29. The van der Waals surface area contributed by atoms with E-state index in [-0.39, 0.29) is 0 Å². The van der Waals surface area contributed by atoms with E-state index in [1.54, 1.807) is 14.2 Å². The van der Waals surface area contributed by atoms with Crippen molar-refractivity contribution in [3.8, 4) is 11.5 Å². The van der Waals surface area contributed by atoms with Crippen molar-refractivity contribution < 1.29 is 14.2 Å². The summed E-state index contributed by atoms with van der Waals surface area (Å²) >= 11 is 0. The van der Waals surface area contributed by atoms with Gasteiger partial charge in [0.25, 0.3) is 0 Å². The second kappa shape index (κ2) is 7.75. The minimum absolute atomic E-state index is 0.366. The summed E-state index contributed by atoms with van der Waals surface area (Å²) in [4.78, 5) is 0. The summed E-state index contributed by atoms with van der Waals surface area (Å²) in [6, 6.07) is 6.73. The van der Waals surface area contributed by atoms with E-state index >= 15 is 0 Å². The van der Waals surface area contributed by atoms with Crippen molar-refractivity contribution in [2.24, 2.45) is 5.41 Å². The molecule has 2 atom stereocenters. The highest BCUT2D eigenvalue weighted by atomic mass is 16.5. The summed E-state index contributed by atoms with van der Waals surface area (Å²) < 4.78 is 16.8. The van der Waals surface area contributed by atoms with Crippen LogP contribution in [0.4, 0.5) is 0 Å². The van der Waals surface area contributed by atoms with Crippen LogP contribution in [0.25, 0.3) is 0 Å². The molecule has 4 heteroatoms. The van der Waals surface area contributed by atoms with Gasteiger partial charge in [-0.15, -0.1) is 0 Å². The molecule has 1 aromatic carbocycles. The lowest BCUT2D eigenvalue weighted by Gasteiger charge is -2.58. The molecule has 2 unspecified atom stereocenters. The summed E-state index contributed by atoms with van der Waals surface area (Å²) in [5.74, 6) is 1.58. The molecule has 4 nitrogen and oxygen atoms in total. The Hall–Kier alpha value is -1.26. The molecule has 0 radical (unpaired) electrons. The normalized spacial score (nSPS) is 25.3. The van der Waals surface area contributed by atoms with Crippen molar-refractivity contribution in [2.75, 3.05) is 20.8 Å². The molecule has 0 aromatic heterocycles. The Morgan fingerprint density at radius 2 is 1.83 bits per heavy atom. The molecular formula is C20H31NO3. The van der Waals surface area contributed by atoms with Gasteiger partial charge in [0.15, 0.2) is 11.5 Å². The molecule has 1 spiro atoms. The summed E-state index contributed by atoms with van der Waals surface area (Å²) in [7, 11) is 3.36. The first-order chi connectivity index (χ1) is 11.7. The van der Waals surface area contributed by atoms with Crippen LogP contribution < -0.4 is 14.8 Å². The van der Waals surface area contributed by atoms with Gasteiger partial charge in [0.05, 0.1) is 20.3 Å². The van der Waals surface area contributed by atoms with Crippen LogP contribution in [0.5, 0.6) is 11.5 Å². The smallest absolute Gasteiger partial charge is 0.161 e. The van der Waals surface area contributed by atoms with Crippen LogP contribution in [0.3, 0.4) is 0 Å². The van der Waals surface area contributed by atoms with E-state index in [1.165, 1.54) is 37.7 Å². The summed E-state index contributed by atoms with van der Waals surface area (Å²) in [5.41, 5.74) is 1.60. The quantitative estimate of drug-likeness (QED) is 0.821. The maximum Gasteiger partial charge on any atom is 0.161 e. The summed E-state index contributed by atoms with van der Waals surface area (Å²) in [5, 5.41) is 3.80. The Labute approximate surface area is 145 Å². The Kier molecular flexibility index (Phi) is 5.67. The Bertz CT molecular complexity index is 540. The van der Waals surface area contributed by atoms with Crippen LogP contribution in [-0.4, -0.2) is 33.0 Å². The Morgan fingerprint density at radius 3 is 2.50 bits per heavy atom. The van der Waals surface area contributed by atoms with Crippen molar-refractivity contribution in [1.29, 1.82) is 0 Å². The SMILES string of the molecule is CCOC1CC(NCc2ccc(OC)c(OC)c2)C12CCCCC2. The molecule has 2 aliphatic carbocycles. The average Bonchev–Trinajstić information content (AvgIpc) is 2.64. The molecule has 1 N–H and O–H groups in total. The van der Waals surface area contributed by atoms with Gasteiger partial charge < -0.3 is 19.5 Å². The van der Waals surface area contributed by atoms with Crippen LogP contribution in [-0.2, 0) is 11.3 Å². The van der Waals surface area contributed by atoms with Crippen molar-refractivity contribution >= 4 is 0 Å². The van der Waals surface area contributed by atoms with Gasteiger partial charge in [-0.1, -0.05) is 25.3 Å². The van der Waals surface area contributed by atoms with Crippen molar-refractivity contribution in [1.82, 2.24) is 5.32 Å². The number of benzene rings is 1. The summed E-state index contributed by atoms with van der Waals surface area (Å²) in [6.45, 7) is 3.81. The van der Waals surface area contributed by atoms with Gasteiger partial charge in [-0.25, -0.2) is 0 Å². The number of ether oxygens (including phenoxy) is 3. The van der Waals surface area contributed by atoms with E-state index in [4.69, 9.17) is 14.2 Å². The van der Waals surface area contributed by atoms with Crippen LogP contribution in [0, 0.1) is 5.41 Å². The second-order valence-electron chi connectivity index (χ2n) is 7.10. The van der Waals surface area contributed by atoms with E-state index in [0.717, 1.165) is 31.1 Å². The summed E-state index contributed by atoms with van der Waals surface area (Å²) in [6.07, 6.45) is 8.27. The molecular weight excluding hydrogens is 302 g/mol. The third-order valence-electron chi connectivity index (χ3n) is 5.94. The van der Waals surface area contributed by atoms with E-state index in [1.807, 2.05) is 6.07 Å². The van der Waals surface area contributed by atoms with Gasteiger partial charge in [-0.2, -0.15) is 0 Å². The molecule has 3 rings (SSSR count). The third kappa shape index (κ3) is 3.27. The molecule has 1 aromatic rings. The minimum Gasteiger partial charge on any atom is -0.493 e. The first-order valence-corrected chi connectivity index (χ1v) is 9.29. The molecule has 0 heterocycles. The Morgan fingerprint density at radius 1 is 1.08 bits per heavy atom. The number of methoxy groups -OCH3 is 2. The lowest BCUT2D eigenvalue weighted by Crippen LogP contribution is -2.64. The number of hydrogen-bond donors (Lipinski definition) is 1. The van der Waals surface area contributed by atoms with E-state index in [2.05, 4.69) is 24.4 Å². The highest BCUT2D eigenvalue weighted by Crippen LogP contribution is 2.53. The predicted octanol–water partition coefficient (Wildman–Crippen LogP) is 3.92. The topological polar surface area (TPSA) is 39.7 Å².